The Labute approximate surface area is 53.5 Å². The van der Waals surface area contributed by atoms with E-state index < -0.39 is 17.6 Å². The minimum atomic E-state index is -2.16. The maximum absolute atomic E-state index is 9.14. The van der Waals surface area contributed by atoms with Crippen LogP contribution in [-0.4, -0.2) is 22.4 Å². The van der Waals surface area contributed by atoms with E-state index in [2.05, 4.69) is 13.1 Å². The summed E-state index contributed by atoms with van der Waals surface area (Å²) in [6, 6.07) is 0. The van der Waals surface area contributed by atoms with Crippen LogP contribution < -0.4 is 0 Å². The third-order valence-electron chi connectivity index (χ3n) is 0.524. The maximum Gasteiger partial charge on any atom is 0.318 e. The molecule has 0 heterocycles. The summed E-state index contributed by atoms with van der Waals surface area (Å²) >= 11 is 0. The van der Waals surface area contributed by atoms with Crippen LogP contribution in [0.2, 0.25) is 26.2 Å². The van der Waals surface area contributed by atoms with Gasteiger partial charge in [0.2, 0.25) is 0 Å². The first-order valence-corrected chi connectivity index (χ1v) is 8.45. The second kappa shape index (κ2) is 2.77. The highest BCUT2D eigenvalue weighted by atomic mass is 28.4. The molecule has 0 saturated heterocycles. The third kappa shape index (κ3) is 6.35. The zero-order valence-electron chi connectivity index (χ0n) is 5.93. The van der Waals surface area contributed by atoms with Crippen molar-refractivity contribution < 1.29 is 8.91 Å². The average molecular weight is 150 g/mol. The van der Waals surface area contributed by atoms with Crippen LogP contribution in [0.15, 0.2) is 0 Å². The topological polar surface area (TPSA) is 29.5 Å². The summed E-state index contributed by atoms with van der Waals surface area (Å²) in [5.74, 6) is 0. The highest BCUT2D eigenvalue weighted by Crippen LogP contribution is 1.99. The lowest BCUT2D eigenvalue weighted by Crippen LogP contribution is -2.34. The molecule has 0 unspecified atom stereocenters. The molecule has 0 aliphatic carbocycles. The van der Waals surface area contributed by atoms with Gasteiger partial charge in [-0.15, -0.1) is 0 Å². The van der Waals surface area contributed by atoms with E-state index in [1.165, 1.54) is 0 Å². The van der Waals surface area contributed by atoms with E-state index in [1.807, 2.05) is 0 Å². The normalized spacial score (nSPS) is 12.8. The molecule has 4 heteroatoms. The molecular weight excluding hydrogens is 136 g/mol. The van der Waals surface area contributed by atoms with Crippen molar-refractivity contribution in [1.82, 2.24) is 0 Å². The summed E-state index contributed by atoms with van der Waals surface area (Å²) in [6.07, 6.45) is 0. The van der Waals surface area contributed by atoms with Crippen molar-refractivity contribution in [2.45, 2.75) is 26.2 Å². The second-order valence-electron chi connectivity index (χ2n) is 2.61. The first-order valence-electron chi connectivity index (χ1n) is 2.82. The molecule has 0 bridgehead atoms. The van der Waals surface area contributed by atoms with E-state index >= 15 is 0 Å². The zero-order valence-corrected chi connectivity index (χ0v) is 8.09. The van der Waals surface area contributed by atoms with Gasteiger partial charge < -0.3 is 8.91 Å². The van der Waals surface area contributed by atoms with Gasteiger partial charge in [-0.2, -0.15) is 0 Å². The van der Waals surface area contributed by atoms with Gasteiger partial charge in [0.25, 0.3) is 0 Å². The van der Waals surface area contributed by atoms with Crippen molar-refractivity contribution in [3.05, 3.63) is 0 Å². The smallest absolute Gasteiger partial charge is 0.318 e. The fourth-order valence-corrected chi connectivity index (χ4v) is 5.19. The Morgan fingerprint density at radius 1 is 1.38 bits per heavy atom. The van der Waals surface area contributed by atoms with Crippen molar-refractivity contribution in [2.24, 2.45) is 0 Å². The van der Waals surface area contributed by atoms with Gasteiger partial charge in [0.15, 0.2) is 9.04 Å². The fourth-order valence-electron chi connectivity index (χ4n) is 0.577. The SMILES string of the molecule is C[SiH](C)O[Si](C)(C)O. The van der Waals surface area contributed by atoms with Gasteiger partial charge in [-0.25, -0.2) is 0 Å². The summed E-state index contributed by atoms with van der Waals surface area (Å²) in [7, 11) is -3.14. The van der Waals surface area contributed by atoms with Crippen LogP contribution in [0.5, 0.6) is 0 Å². The van der Waals surface area contributed by atoms with Crippen LogP contribution >= 0.6 is 0 Å². The molecule has 0 spiro atoms. The molecule has 0 aromatic rings. The van der Waals surface area contributed by atoms with Gasteiger partial charge in [-0.1, -0.05) is 0 Å². The van der Waals surface area contributed by atoms with E-state index in [-0.39, 0.29) is 0 Å². The van der Waals surface area contributed by atoms with E-state index in [0.717, 1.165) is 0 Å². The summed E-state index contributed by atoms with van der Waals surface area (Å²) in [5, 5.41) is 0. The summed E-state index contributed by atoms with van der Waals surface area (Å²) in [6.45, 7) is 7.70. The number of rotatable bonds is 2. The molecule has 8 heavy (non-hydrogen) atoms. The van der Waals surface area contributed by atoms with Crippen LogP contribution in [-0.2, 0) is 4.12 Å². The summed E-state index contributed by atoms with van der Waals surface area (Å²) in [4.78, 5) is 9.14. The first kappa shape index (κ1) is 8.35. The Bertz CT molecular complexity index is 66.9. The van der Waals surface area contributed by atoms with Gasteiger partial charge in [-0.05, 0) is 26.2 Å². The molecule has 0 radical (unpaired) electrons. The molecule has 50 valence electrons. The van der Waals surface area contributed by atoms with Gasteiger partial charge in [-0.3, -0.25) is 0 Å². The lowest BCUT2D eigenvalue weighted by molar-refractivity contribution is 0.398. The van der Waals surface area contributed by atoms with Crippen molar-refractivity contribution >= 4 is 17.6 Å². The average Bonchev–Trinajstić information content (AvgIpc) is 1.21. The van der Waals surface area contributed by atoms with Crippen LogP contribution in [0.3, 0.4) is 0 Å². The predicted molar refractivity (Wildman–Crippen MR) is 39.7 cm³/mol. The Kier molecular flexibility index (Phi) is 2.89. The lowest BCUT2D eigenvalue weighted by atomic mass is 11.9. The van der Waals surface area contributed by atoms with E-state index in [1.54, 1.807) is 13.1 Å². The van der Waals surface area contributed by atoms with Crippen molar-refractivity contribution in [2.75, 3.05) is 0 Å². The van der Waals surface area contributed by atoms with E-state index in [0.29, 0.717) is 0 Å². The van der Waals surface area contributed by atoms with E-state index in [4.69, 9.17) is 8.91 Å². The Hall–Kier alpha value is 0.354. The Morgan fingerprint density at radius 3 is 1.75 bits per heavy atom. The molecule has 2 nitrogen and oxygen atoms in total. The molecule has 0 aromatic heterocycles. The van der Waals surface area contributed by atoms with Crippen LogP contribution in [0.1, 0.15) is 0 Å². The minimum Gasteiger partial charge on any atom is -0.439 e. The standard InChI is InChI=1S/C4H14O2Si2/c1-7(2)6-8(3,4)5/h5,7H,1-4H3. The summed E-state index contributed by atoms with van der Waals surface area (Å²) in [5.41, 5.74) is 0. The monoisotopic (exact) mass is 150 g/mol. The molecule has 0 rings (SSSR count). The Balaban J connectivity index is 3.39. The molecule has 0 aliphatic rings. The third-order valence-corrected chi connectivity index (χ3v) is 4.72. The quantitative estimate of drug-likeness (QED) is 0.587. The lowest BCUT2D eigenvalue weighted by Gasteiger charge is -2.17. The van der Waals surface area contributed by atoms with Gasteiger partial charge >= 0.3 is 8.56 Å². The maximum atomic E-state index is 9.14. The highest BCUT2D eigenvalue weighted by molar-refractivity contribution is 6.71. The zero-order chi connectivity index (χ0) is 6.78. The van der Waals surface area contributed by atoms with Crippen LogP contribution in [0, 0.1) is 0 Å². The van der Waals surface area contributed by atoms with Crippen molar-refractivity contribution in [3.8, 4) is 0 Å². The molecule has 0 aromatic carbocycles. The highest BCUT2D eigenvalue weighted by Gasteiger charge is 2.19. The van der Waals surface area contributed by atoms with Crippen LogP contribution in [0.4, 0.5) is 0 Å². The molecule has 0 saturated carbocycles. The molecule has 1 N–H and O–H groups in total. The molecule has 0 fully saturated rings. The number of hydrogen-bond donors (Lipinski definition) is 1. The Morgan fingerprint density at radius 2 is 1.75 bits per heavy atom. The van der Waals surface area contributed by atoms with Gasteiger partial charge in [0.1, 0.15) is 0 Å². The van der Waals surface area contributed by atoms with E-state index in [9.17, 15) is 0 Å². The van der Waals surface area contributed by atoms with Crippen LogP contribution in [0.25, 0.3) is 0 Å². The first-order chi connectivity index (χ1) is 3.42. The summed E-state index contributed by atoms with van der Waals surface area (Å²) < 4.78 is 5.27. The minimum absolute atomic E-state index is 0.984. The number of hydrogen-bond acceptors (Lipinski definition) is 2. The second-order valence-corrected chi connectivity index (χ2v) is 8.55. The van der Waals surface area contributed by atoms with Gasteiger partial charge in [0.05, 0.1) is 0 Å². The molecule has 0 aliphatic heterocycles. The fraction of sp³-hybridized carbons (Fsp3) is 1.00. The molecule has 0 amide bonds. The van der Waals surface area contributed by atoms with Crippen molar-refractivity contribution in [3.63, 3.8) is 0 Å². The van der Waals surface area contributed by atoms with Gasteiger partial charge in [0, 0.05) is 0 Å². The molecule has 0 atom stereocenters. The van der Waals surface area contributed by atoms with Crippen molar-refractivity contribution in [1.29, 1.82) is 0 Å². The predicted octanol–water partition coefficient (Wildman–Crippen LogP) is 0.680. The molecular formula is C4H14O2Si2. The largest absolute Gasteiger partial charge is 0.439 e.